The van der Waals surface area contributed by atoms with Crippen molar-refractivity contribution in [2.24, 2.45) is 5.41 Å². The first-order valence-electron chi connectivity index (χ1n) is 6.15. The van der Waals surface area contributed by atoms with E-state index >= 15 is 0 Å². The van der Waals surface area contributed by atoms with Gasteiger partial charge < -0.3 is 5.32 Å². The summed E-state index contributed by atoms with van der Waals surface area (Å²) in [6, 6.07) is 10.3. The average Bonchev–Trinajstić information content (AvgIpc) is 2.35. The van der Waals surface area contributed by atoms with Crippen LogP contribution in [0.25, 0.3) is 0 Å². The zero-order valence-electron chi connectivity index (χ0n) is 11.2. The first-order valence-corrected chi connectivity index (χ1v) is 6.15. The molecule has 1 N–H and O–H groups in total. The van der Waals surface area contributed by atoms with Crippen molar-refractivity contribution in [3.8, 4) is 12.1 Å². The molecule has 0 aliphatic rings. The smallest absolute Gasteiger partial charge is 0.102 e. The molecular formula is C15H19N3. The van der Waals surface area contributed by atoms with Gasteiger partial charge in [0.15, 0.2) is 0 Å². The molecule has 0 heterocycles. The maximum Gasteiger partial charge on any atom is 0.102 e. The number of nitrogens with one attached hydrogen (secondary N) is 1. The summed E-state index contributed by atoms with van der Waals surface area (Å²) in [5.41, 5.74) is 2.30. The second kappa shape index (κ2) is 6.07. The summed E-state index contributed by atoms with van der Waals surface area (Å²) in [5.74, 6) is 0. The third-order valence-electron chi connectivity index (χ3n) is 2.98. The molecule has 0 radical (unpaired) electrons. The van der Waals surface area contributed by atoms with Gasteiger partial charge in [0.25, 0.3) is 0 Å². The van der Waals surface area contributed by atoms with E-state index in [1.54, 1.807) is 0 Å². The Balaban J connectivity index is 2.54. The summed E-state index contributed by atoms with van der Waals surface area (Å²) in [5, 5.41) is 21.3. The van der Waals surface area contributed by atoms with Crippen molar-refractivity contribution in [2.45, 2.75) is 33.6 Å². The molecule has 94 valence electrons. The normalized spacial score (nSPS) is 10.5. The van der Waals surface area contributed by atoms with Gasteiger partial charge in [-0.3, -0.25) is 0 Å². The summed E-state index contributed by atoms with van der Waals surface area (Å²) in [4.78, 5) is 0. The van der Waals surface area contributed by atoms with Crippen LogP contribution in [0.3, 0.4) is 0 Å². The lowest BCUT2D eigenvalue weighted by Crippen LogP contribution is -2.11. The van der Waals surface area contributed by atoms with E-state index in [2.05, 4.69) is 17.5 Å². The third kappa shape index (κ3) is 3.79. The minimum Gasteiger partial charge on any atom is -0.384 e. The van der Waals surface area contributed by atoms with Crippen LogP contribution in [0.4, 0.5) is 5.69 Å². The molecule has 1 aromatic rings. The van der Waals surface area contributed by atoms with Crippen LogP contribution in [-0.2, 0) is 0 Å². The van der Waals surface area contributed by atoms with E-state index in [9.17, 15) is 0 Å². The van der Waals surface area contributed by atoms with E-state index in [0.717, 1.165) is 30.6 Å². The molecule has 0 saturated heterocycles. The summed E-state index contributed by atoms with van der Waals surface area (Å²) in [6.45, 7) is 6.60. The van der Waals surface area contributed by atoms with Gasteiger partial charge in [-0.05, 0) is 45.2 Å². The molecule has 0 aromatic heterocycles. The average molecular weight is 241 g/mol. The number of benzene rings is 1. The number of nitriles is 2. The molecule has 3 nitrogen and oxygen atoms in total. The lowest BCUT2D eigenvalue weighted by Gasteiger charge is -2.15. The number of hydrogen-bond donors (Lipinski definition) is 1. The number of anilines is 1. The molecule has 0 unspecified atom stereocenters. The van der Waals surface area contributed by atoms with Crippen molar-refractivity contribution in [2.75, 3.05) is 11.9 Å². The van der Waals surface area contributed by atoms with Crippen molar-refractivity contribution in [3.05, 3.63) is 29.3 Å². The van der Waals surface area contributed by atoms with Crippen LogP contribution in [0.5, 0.6) is 0 Å². The van der Waals surface area contributed by atoms with Crippen LogP contribution in [0.2, 0.25) is 0 Å². The molecule has 3 heteroatoms. The van der Waals surface area contributed by atoms with E-state index < -0.39 is 0 Å². The molecule has 0 aliphatic heterocycles. The second-order valence-corrected chi connectivity index (χ2v) is 5.14. The van der Waals surface area contributed by atoms with Crippen molar-refractivity contribution >= 4 is 5.69 Å². The number of rotatable bonds is 5. The zero-order chi connectivity index (χ0) is 13.6. The summed E-state index contributed by atoms with van der Waals surface area (Å²) < 4.78 is 0. The van der Waals surface area contributed by atoms with Crippen molar-refractivity contribution in [1.82, 2.24) is 0 Å². The fourth-order valence-corrected chi connectivity index (χ4v) is 1.77. The Hall–Kier alpha value is -2.00. The van der Waals surface area contributed by atoms with E-state index in [1.165, 1.54) is 0 Å². The maximum atomic E-state index is 9.09. The van der Waals surface area contributed by atoms with E-state index in [1.807, 2.05) is 39.0 Å². The molecule has 0 aliphatic carbocycles. The van der Waals surface area contributed by atoms with Crippen molar-refractivity contribution in [3.63, 3.8) is 0 Å². The highest BCUT2D eigenvalue weighted by molar-refractivity contribution is 5.60. The Morgan fingerprint density at radius 1 is 1.28 bits per heavy atom. The van der Waals surface area contributed by atoms with Gasteiger partial charge in [-0.1, -0.05) is 12.1 Å². The fraction of sp³-hybridized carbons (Fsp3) is 0.467. The SMILES string of the molecule is Cc1cccc(NCCCC(C)(C)C#N)c1C#N. The van der Waals surface area contributed by atoms with Crippen molar-refractivity contribution in [1.29, 1.82) is 10.5 Å². The van der Waals surface area contributed by atoms with Crippen LogP contribution in [0.15, 0.2) is 18.2 Å². The molecule has 18 heavy (non-hydrogen) atoms. The van der Waals surface area contributed by atoms with E-state index in [0.29, 0.717) is 5.56 Å². The molecule has 0 amide bonds. The molecule has 0 bridgehead atoms. The Kier molecular flexibility index (Phi) is 4.75. The molecule has 0 atom stereocenters. The molecular weight excluding hydrogens is 222 g/mol. The number of aryl methyl sites for hydroxylation is 1. The predicted molar refractivity (Wildman–Crippen MR) is 73.0 cm³/mol. The van der Waals surface area contributed by atoms with Gasteiger partial charge in [-0.25, -0.2) is 0 Å². The minimum atomic E-state index is -0.271. The standard InChI is InChI=1S/C15H19N3/c1-12-6-4-7-14(13(12)10-16)18-9-5-8-15(2,3)11-17/h4,6-7,18H,5,8-9H2,1-3H3. The van der Waals surface area contributed by atoms with Crippen LogP contribution in [0.1, 0.15) is 37.8 Å². The summed E-state index contributed by atoms with van der Waals surface area (Å²) in [7, 11) is 0. The highest BCUT2D eigenvalue weighted by Crippen LogP contribution is 2.22. The lowest BCUT2D eigenvalue weighted by atomic mass is 9.90. The Morgan fingerprint density at radius 3 is 2.61 bits per heavy atom. The molecule has 0 spiro atoms. The fourth-order valence-electron chi connectivity index (χ4n) is 1.77. The Labute approximate surface area is 109 Å². The van der Waals surface area contributed by atoms with Crippen molar-refractivity contribution < 1.29 is 0 Å². The lowest BCUT2D eigenvalue weighted by molar-refractivity contribution is 0.441. The zero-order valence-corrected chi connectivity index (χ0v) is 11.2. The highest BCUT2D eigenvalue weighted by atomic mass is 14.9. The molecule has 0 saturated carbocycles. The predicted octanol–water partition coefficient (Wildman–Crippen LogP) is 3.61. The molecule has 1 rings (SSSR count). The van der Waals surface area contributed by atoms with Gasteiger partial charge in [0.1, 0.15) is 6.07 Å². The first kappa shape index (κ1) is 14.1. The summed E-state index contributed by atoms with van der Waals surface area (Å²) in [6.07, 6.45) is 1.77. The van der Waals surface area contributed by atoms with Crippen LogP contribution >= 0.6 is 0 Å². The third-order valence-corrected chi connectivity index (χ3v) is 2.98. The highest BCUT2D eigenvalue weighted by Gasteiger charge is 2.15. The van der Waals surface area contributed by atoms with Crippen LogP contribution < -0.4 is 5.32 Å². The molecule has 1 aromatic carbocycles. The van der Waals surface area contributed by atoms with Gasteiger partial charge in [-0.2, -0.15) is 10.5 Å². The summed E-state index contributed by atoms with van der Waals surface area (Å²) >= 11 is 0. The van der Waals surface area contributed by atoms with Crippen LogP contribution in [-0.4, -0.2) is 6.54 Å². The topological polar surface area (TPSA) is 59.6 Å². The maximum absolute atomic E-state index is 9.09. The van der Waals surface area contributed by atoms with E-state index in [4.69, 9.17) is 10.5 Å². The minimum absolute atomic E-state index is 0.271. The van der Waals surface area contributed by atoms with E-state index in [-0.39, 0.29) is 5.41 Å². The van der Waals surface area contributed by atoms with Gasteiger partial charge in [0.2, 0.25) is 0 Å². The second-order valence-electron chi connectivity index (χ2n) is 5.14. The number of nitrogens with zero attached hydrogens (tertiary/aromatic N) is 2. The van der Waals surface area contributed by atoms with Gasteiger partial charge in [0.05, 0.1) is 22.7 Å². The van der Waals surface area contributed by atoms with Gasteiger partial charge in [0, 0.05) is 6.54 Å². The van der Waals surface area contributed by atoms with Crippen LogP contribution in [0, 0.1) is 35.0 Å². The quantitative estimate of drug-likeness (QED) is 0.801. The first-order chi connectivity index (χ1) is 8.50. The molecule has 0 fully saturated rings. The monoisotopic (exact) mass is 241 g/mol. The largest absolute Gasteiger partial charge is 0.384 e. The Bertz CT molecular complexity index is 489. The Morgan fingerprint density at radius 2 is 2.00 bits per heavy atom. The number of hydrogen-bond acceptors (Lipinski definition) is 3. The van der Waals surface area contributed by atoms with Gasteiger partial charge in [-0.15, -0.1) is 0 Å². The van der Waals surface area contributed by atoms with Gasteiger partial charge >= 0.3 is 0 Å².